The van der Waals surface area contributed by atoms with Gasteiger partial charge >= 0.3 is 5.69 Å². The lowest BCUT2D eigenvalue weighted by Crippen LogP contribution is -2.46. The zero-order valence-electron chi connectivity index (χ0n) is 17.6. The summed E-state index contributed by atoms with van der Waals surface area (Å²) in [5, 5.41) is 6.66. The molecule has 0 unspecified atom stereocenters. The molecular weight excluding hydrogens is 400 g/mol. The molecular formula is C22H24N4O5. The van der Waals surface area contributed by atoms with Crippen molar-refractivity contribution in [3.05, 3.63) is 86.2 Å². The SMILES string of the molecule is COCCNC(=O)c1nn(-c2ccc(C)cc2)c(=O)n(Cc2cccc(OC)c2)c1=O. The lowest BCUT2D eigenvalue weighted by molar-refractivity contribution is 0.0927. The average molecular weight is 424 g/mol. The number of amides is 1. The largest absolute Gasteiger partial charge is 0.497 e. The van der Waals surface area contributed by atoms with Crippen LogP contribution in [0.5, 0.6) is 5.75 Å². The van der Waals surface area contributed by atoms with Gasteiger partial charge in [0.15, 0.2) is 0 Å². The molecule has 1 heterocycles. The van der Waals surface area contributed by atoms with Gasteiger partial charge in [-0.25, -0.2) is 4.79 Å². The van der Waals surface area contributed by atoms with Gasteiger partial charge in [0, 0.05) is 13.7 Å². The number of methoxy groups -OCH3 is 2. The normalized spacial score (nSPS) is 10.7. The average Bonchev–Trinajstić information content (AvgIpc) is 2.78. The van der Waals surface area contributed by atoms with Gasteiger partial charge in [0.05, 0.1) is 25.9 Å². The standard InChI is InChI=1S/C22H24N4O5/c1-15-7-9-17(10-8-15)26-22(29)25(14-16-5-4-6-18(13-16)31-3)21(28)19(24-26)20(27)23-11-12-30-2/h4-10,13H,11-12,14H2,1-3H3,(H,23,27). The van der Waals surface area contributed by atoms with E-state index in [2.05, 4.69) is 10.4 Å². The van der Waals surface area contributed by atoms with Crippen LogP contribution < -0.4 is 21.3 Å². The van der Waals surface area contributed by atoms with Crippen LogP contribution in [0.4, 0.5) is 0 Å². The minimum absolute atomic E-state index is 0.0401. The van der Waals surface area contributed by atoms with E-state index in [1.807, 2.05) is 19.1 Å². The first-order valence-electron chi connectivity index (χ1n) is 9.66. The van der Waals surface area contributed by atoms with Gasteiger partial charge in [-0.1, -0.05) is 29.8 Å². The summed E-state index contributed by atoms with van der Waals surface area (Å²) in [5.74, 6) is -0.0849. The number of hydrogen-bond donors (Lipinski definition) is 1. The second kappa shape index (κ2) is 9.86. The van der Waals surface area contributed by atoms with E-state index in [1.165, 1.54) is 14.2 Å². The van der Waals surface area contributed by atoms with Crippen molar-refractivity contribution < 1.29 is 14.3 Å². The summed E-state index contributed by atoms with van der Waals surface area (Å²) < 4.78 is 12.2. The molecule has 1 N–H and O–H groups in total. The molecule has 0 spiro atoms. The highest BCUT2D eigenvalue weighted by Crippen LogP contribution is 2.13. The number of carbonyl (C=O) groups excluding carboxylic acids is 1. The van der Waals surface area contributed by atoms with Crippen LogP contribution in [-0.4, -0.2) is 47.6 Å². The molecule has 0 bridgehead atoms. The first kappa shape index (κ1) is 22.0. The summed E-state index contributed by atoms with van der Waals surface area (Å²) in [4.78, 5) is 38.8. The predicted octanol–water partition coefficient (Wildman–Crippen LogP) is 1.14. The third-order valence-electron chi connectivity index (χ3n) is 4.62. The number of nitrogens with one attached hydrogen (secondary N) is 1. The molecule has 162 valence electrons. The van der Waals surface area contributed by atoms with Crippen molar-refractivity contribution in [3.8, 4) is 11.4 Å². The molecule has 2 aromatic carbocycles. The van der Waals surface area contributed by atoms with Crippen LogP contribution in [0.3, 0.4) is 0 Å². The quantitative estimate of drug-likeness (QED) is 0.544. The number of aryl methyl sites for hydroxylation is 1. The molecule has 3 aromatic rings. The van der Waals surface area contributed by atoms with Gasteiger partial charge < -0.3 is 14.8 Å². The predicted molar refractivity (Wildman–Crippen MR) is 115 cm³/mol. The molecule has 0 saturated heterocycles. The topological polar surface area (TPSA) is 104 Å². The van der Waals surface area contributed by atoms with E-state index >= 15 is 0 Å². The molecule has 31 heavy (non-hydrogen) atoms. The van der Waals surface area contributed by atoms with Crippen molar-refractivity contribution >= 4 is 5.91 Å². The maximum Gasteiger partial charge on any atom is 0.352 e. The van der Waals surface area contributed by atoms with E-state index in [0.29, 0.717) is 17.0 Å². The Morgan fingerprint density at radius 1 is 1.10 bits per heavy atom. The van der Waals surface area contributed by atoms with E-state index in [9.17, 15) is 14.4 Å². The third kappa shape index (κ3) is 5.07. The van der Waals surface area contributed by atoms with Gasteiger partial charge in [-0.15, -0.1) is 0 Å². The molecule has 0 aliphatic rings. The second-order valence-corrected chi connectivity index (χ2v) is 6.87. The molecule has 0 saturated carbocycles. The number of nitrogens with zero attached hydrogens (tertiary/aromatic N) is 3. The number of carbonyl (C=O) groups is 1. The fourth-order valence-corrected chi connectivity index (χ4v) is 2.95. The van der Waals surface area contributed by atoms with E-state index in [1.54, 1.807) is 36.4 Å². The molecule has 0 atom stereocenters. The van der Waals surface area contributed by atoms with Gasteiger partial charge in [-0.2, -0.15) is 9.78 Å². The Bertz CT molecular complexity index is 1180. The number of ether oxygens (including phenoxy) is 2. The fourth-order valence-electron chi connectivity index (χ4n) is 2.95. The van der Waals surface area contributed by atoms with Gasteiger partial charge in [-0.3, -0.25) is 14.2 Å². The molecule has 1 aromatic heterocycles. The van der Waals surface area contributed by atoms with Crippen LogP contribution in [0.2, 0.25) is 0 Å². The van der Waals surface area contributed by atoms with Crippen molar-refractivity contribution in [2.75, 3.05) is 27.4 Å². The van der Waals surface area contributed by atoms with Gasteiger partial charge in [0.25, 0.3) is 11.5 Å². The molecule has 3 rings (SSSR count). The molecule has 0 radical (unpaired) electrons. The second-order valence-electron chi connectivity index (χ2n) is 6.87. The Morgan fingerprint density at radius 2 is 1.84 bits per heavy atom. The minimum atomic E-state index is -0.772. The lowest BCUT2D eigenvalue weighted by Gasteiger charge is -2.13. The van der Waals surface area contributed by atoms with E-state index in [4.69, 9.17) is 9.47 Å². The number of benzene rings is 2. The summed E-state index contributed by atoms with van der Waals surface area (Å²) >= 11 is 0. The maximum absolute atomic E-state index is 13.1. The summed E-state index contributed by atoms with van der Waals surface area (Å²) in [7, 11) is 3.04. The Kier molecular flexibility index (Phi) is 6.99. The first-order chi connectivity index (χ1) is 14.9. The summed E-state index contributed by atoms with van der Waals surface area (Å²) in [6, 6.07) is 14.1. The van der Waals surface area contributed by atoms with Crippen LogP contribution in [-0.2, 0) is 11.3 Å². The Balaban J connectivity index is 2.13. The minimum Gasteiger partial charge on any atom is -0.497 e. The zero-order valence-corrected chi connectivity index (χ0v) is 17.6. The van der Waals surface area contributed by atoms with E-state index < -0.39 is 17.2 Å². The molecule has 9 heteroatoms. The zero-order chi connectivity index (χ0) is 22.4. The molecule has 1 amide bonds. The van der Waals surface area contributed by atoms with Gasteiger partial charge in [-0.05, 0) is 36.8 Å². The van der Waals surface area contributed by atoms with Crippen molar-refractivity contribution in [2.45, 2.75) is 13.5 Å². The maximum atomic E-state index is 13.1. The van der Waals surface area contributed by atoms with E-state index in [0.717, 1.165) is 14.8 Å². The van der Waals surface area contributed by atoms with Crippen molar-refractivity contribution in [1.29, 1.82) is 0 Å². The monoisotopic (exact) mass is 424 g/mol. The van der Waals surface area contributed by atoms with Crippen LogP contribution in [0.25, 0.3) is 5.69 Å². The molecule has 0 aliphatic heterocycles. The first-order valence-corrected chi connectivity index (χ1v) is 9.66. The number of aromatic nitrogens is 3. The summed E-state index contributed by atoms with van der Waals surface area (Å²) in [6.45, 7) is 2.36. The van der Waals surface area contributed by atoms with Crippen molar-refractivity contribution in [2.24, 2.45) is 0 Å². The molecule has 9 nitrogen and oxygen atoms in total. The van der Waals surface area contributed by atoms with Crippen LogP contribution in [0.1, 0.15) is 21.6 Å². The summed E-state index contributed by atoms with van der Waals surface area (Å²) in [5.41, 5.74) is 0.321. The molecule has 0 aliphatic carbocycles. The van der Waals surface area contributed by atoms with Crippen molar-refractivity contribution in [3.63, 3.8) is 0 Å². The van der Waals surface area contributed by atoms with Gasteiger partial charge in [0.2, 0.25) is 5.69 Å². The highest BCUT2D eigenvalue weighted by Gasteiger charge is 2.20. The fraction of sp³-hybridized carbons (Fsp3) is 0.273. The Morgan fingerprint density at radius 3 is 2.52 bits per heavy atom. The van der Waals surface area contributed by atoms with Crippen molar-refractivity contribution in [1.82, 2.24) is 19.7 Å². The molecule has 0 fully saturated rings. The number of hydrogen-bond acceptors (Lipinski definition) is 6. The Hall–Kier alpha value is -3.72. The van der Waals surface area contributed by atoms with Gasteiger partial charge in [0.1, 0.15) is 5.75 Å². The van der Waals surface area contributed by atoms with Crippen LogP contribution in [0.15, 0.2) is 58.1 Å². The highest BCUT2D eigenvalue weighted by molar-refractivity contribution is 5.91. The highest BCUT2D eigenvalue weighted by atomic mass is 16.5. The van der Waals surface area contributed by atoms with Crippen LogP contribution in [0, 0.1) is 6.92 Å². The lowest BCUT2D eigenvalue weighted by atomic mass is 10.2. The van der Waals surface area contributed by atoms with E-state index in [-0.39, 0.29) is 25.4 Å². The Labute approximate surface area is 178 Å². The third-order valence-corrected chi connectivity index (χ3v) is 4.62. The number of rotatable bonds is 8. The smallest absolute Gasteiger partial charge is 0.352 e. The summed E-state index contributed by atoms with van der Waals surface area (Å²) in [6.07, 6.45) is 0. The van der Waals surface area contributed by atoms with Crippen LogP contribution >= 0.6 is 0 Å².